The van der Waals surface area contributed by atoms with E-state index >= 15 is 0 Å². The maximum absolute atomic E-state index is 8.90. The third-order valence-corrected chi connectivity index (χ3v) is 3.34. The number of hydrogen-bond donors (Lipinski definition) is 1. The van der Waals surface area contributed by atoms with Crippen LogP contribution in [0.1, 0.15) is 51.9 Å². The fraction of sp³-hybridized carbons (Fsp3) is 1.00. The molecule has 0 radical (unpaired) electrons. The zero-order chi connectivity index (χ0) is 8.81. The van der Waals surface area contributed by atoms with E-state index in [2.05, 4.69) is 6.92 Å². The van der Waals surface area contributed by atoms with Crippen molar-refractivity contribution in [3.05, 3.63) is 0 Å². The summed E-state index contributed by atoms with van der Waals surface area (Å²) in [6.45, 7) is 2.64. The number of aliphatic hydroxyl groups is 1. The average molecular weight is 170 g/mol. The summed E-state index contributed by atoms with van der Waals surface area (Å²) < 4.78 is 0. The molecular weight excluding hydrogens is 148 g/mol. The molecular formula is C11H22O. The first-order valence-corrected chi connectivity index (χ1v) is 5.49. The Labute approximate surface area is 76.2 Å². The first kappa shape index (κ1) is 10.0. The molecule has 0 aromatic rings. The Kier molecular flexibility index (Phi) is 4.67. The molecule has 0 aromatic carbocycles. The Morgan fingerprint density at radius 1 is 1.25 bits per heavy atom. The van der Waals surface area contributed by atoms with Gasteiger partial charge >= 0.3 is 0 Å². The summed E-state index contributed by atoms with van der Waals surface area (Å²) in [6, 6.07) is 0. The largest absolute Gasteiger partial charge is 0.396 e. The van der Waals surface area contributed by atoms with Crippen molar-refractivity contribution in [1.82, 2.24) is 0 Å². The second kappa shape index (κ2) is 5.58. The summed E-state index contributed by atoms with van der Waals surface area (Å²) >= 11 is 0. The van der Waals surface area contributed by atoms with Gasteiger partial charge in [0.2, 0.25) is 0 Å². The van der Waals surface area contributed by atoms with Crippen LogP contribution in [0.5, 0.6) is 0 Å². The molecule has 0 bridgehead atoms. The van der Waals surface area contributed by atoms with Crippen molar-refractivity contribution in [1.29, 1.82) is 0 Å². The van der Waals surface area contributed by atoms with Crippen LogP contribution in [0.3, 0.4) is 0 Å². The van der Waals surface area contributed by atoms with Crippen LogP contribution in [0.2, 0.25) is 0 Å². The molecule has 12 heavy (non-hydrogen) atoms. The van der Waals surface area contributed by atoms with Crippen molar-refractivity contribution < 1.29 is 5.11 Å². The lowest BCUT2D eigenvalue weighted by molar-refractivity contribution is 0.183. The van der Waals surface area contributed by atoms with Gasteiger partial charge in [-0.05, 0) is 18.3 Å². The van der Waals surface area contributed by atoms with E-state index in [4.69, 9.17) is 5.11 Å². The highest BCUT2D eigenvalue weighted by molar-refractivity contribution is 4.72. The fourth-order valence-electron chi connectivity index (χ4n) is 2.54. The monoisotopic (exact) mass is 170 g/mol. The predicted molar refractivity (Wildman–Crippen MR) is 52.1 cm³/mol. The van der Waals surface area contributed by atoms with Crippen molar-refractivity contribution >= 4 is 0 Å². The highest BCUT2D eigenvalue weighted by atomic mass is 16.3. The van der Waals surface area contributed by atoms with Crippen LogP contribution in [0.25, 0.3) is 0 Å². The number of rotatable bonds is 4. The smallest absolute Gasteiger partial charge is 0.0433 e. The summed E-state index contributed by atoms with van der Waals surface area (Å²) in [5.41, 5.74) is 0. The van der Waals surface area contributed by atoms with Gasteiger partial charge in [-0.1, -0.05) is 45.4 Å². The zero-order valence-electron chi connectivity index (χ0n) is 8.26. The van der Waals surface area contributed by atoms with E-state index in [0.29, 0.717) is 6.61 Å². The van der Waals surface area contributed by atoms with Crippen LogP contribution in [0, 0.1) is 11.8 Å². The number of aliphatic hydroxyl groups excluding tert-OH is 1. The Morgan fingerprint density at radius 3 is 2.42 bits per heavy atom. The fourth-order valence-corrected chi connectivity index (χ4v) is 2.54. The van der Waals surface area contributed by atoms with Gasteiger partial charge in [0.05, 0.1) is 0 Å². The molecule has 0 aromatic heterocycles. The van der Waals surface area contributed by atoms with E-state index in [9.17, 15) is 0 Å². The lowest BCUT2D eigenvalue weighted by atomic mass is 9.77. The predicted octanol–water partition coefficient (Wildman–Crippen LogP) is 2.98. The Morgan fingerprint density at radius 2 is 1.92 bits per heavy atom. The van der Waals surface area contributed by atoms with Crippen LogP contribution in [0.4, 0.5) is 0 Å². The quantitative estimate of drug-likeness (QED) is 0.687. The summed E-state index contributed by atoms with van der Waals surface area (Å²) in [5, 5.41) is 8.90. The SMILES string of the molecule is CC[C@H](CCO)C1CCCCC1. The molecule has 72 valence electrons. The van der Waals surface area contributed by atoms with Gasteiger partial charge in [-0.3, -0.25) is 0 Å². The molecule has 1 saturated carbocycles. The normalized spacial score (nSPS) is 22.5. The maximum atomic E-state index is 8.90. The zero-order valence-corrected chi connectivity index (χ0v) is 8.26. The highest BCUT2D eigenvalue weighted by Gasteiger charge is 2.21. The molecule has 0 aliphatic heterocycles. The van der Waals surface area contributed by atoms with Crippen molar-refractivity contribution in [3.63, 3.8) is 0 Å². The molecule has 1 heteroatoms. The topological polar surface area (TPSA) is 20.2 Å². The summed E-state index contributed by atoms with van der Waals surface area (Å²) in [4.78, 5) is 0. The molecule has 0 heterocycles. The van der Waals surface area contributed by atoms with Gasteiger partial charge in [0, 0.05) is 6.61 Å². The standard InChI is InChI=1S/C11H22O/c1-2-10(8-9-12)11-6-4-3-5-7-11/h10-12H,2-9H2,1H3/t10-/m1/s1. The van der Waals surface area contributed by atoms with E-state index in [1.54, 1.807) is 0 Å². The van der Waals surface area contributed by atoms with Crippen molar-refractivity contribution in [2.24, 2.45) is 11.8 Å². The minimum atomic E-state index is 0.384. The second-order valence-corrected chi connectivity index (χ2v) is 4.08. The molecule has 0 unspecified atom stereocenters. The van der Waals surface area contributed by atoms with Crippen molar-refractivity contribution in [2.75, 3.05) is 6.61 Å². The average Bonchev–Trinajstić information content (AvgIpc) is 2.15. The van der Waals surface area contributed by atoms with Crippen molar-refractivity contribution in [3.8, 4) is 0 Å². The van der Waals surface area contributed by atoms with Gasteiger partial charge in [-0.15, -0.1) is 0 Å². The van der Waals surface area contributed by atoms with Crippen LogP contribution < -0.4 is 0 Å². The van der Waals surface area contributed by atoms with Gasteiger partial charge in [-0.2, -0.15) is 0 Å². The molecule has 1 rings (SSSR count). The first-order chi connectivity index (χ1) is 5.88. The van der Waals surface area contributed by atoms with Gasteiger partial charge in [-0.25, -0.2) is 0 Å². The van der Waals surface area contributed by atoms with Crippen molar-refractivity contribution in [2.45, 2.75) is 51.9 Å². The summed E-state index contributed by atoms with van der Waals surface area (Å²) in [7, 11) is 0. The third kappa shape index (κ3) is 2.78. The minimum absolute atomic E-state index is 0.384. The first-order valence-electron chi connectivity index (χ1n) is 5.49. The molecule has 1 N–H and O–H groups in total. The molecule has 1 nitrogen and oxygen atoms in total. The lowest BCUT2D eigenvalue weighted by Gasteiger charge is -2.29. The van der Waals surface area contributed by atoms with Crippen LogP contribution >= 0.6 is 0 Å². The summed E-state index contributed by atoms with van der Waals surface area (Å²) in [6.07, 6.45) is 9.40. The third-order valence-electron chi connectivity index (χ3n) is 3.34. The van der Waals surface area contributed by atoms with Crippen LogP contribution in [-0.4, -0.2) is 11.7 Å². The molecule has 0 saturated heterocycles. The second-order valence-electron chi connectivity index (χ2n) is 4.08. The molecule has 1 aliphatic rings. The van der Waals surface area contributed by atoms with Gasteiger partial charge in [0.15, 0.2) is 0 Å². The Balaban J connectivity index is 2.29. The van der Waals surface area contributed by atoms with E-state index < -0.39 is 0 Å². The Hall–Kier alpha value is -0.0400. The van der Waals surface area contributed by atoms with Crippen LogP contribution in [0.15, 0.2) is 0 Å². The van der Waals surface area contributed by atoms with E-state index in [-0.39, 0.29) is 0 Å². The molecule has 0 spiro atoms. The molecule has 0 amide bonds. The minimum Gasteiger partial charge on any atom is -0.396 e. The molecule has 1 aliphatic carbocycles. The molecule has 1 fully saturated rings. The van der Waals surface area contributed by atoms with Gasteiger partial charge in [0.1, 0.15) is 0 Å². The maximum Gasteiger partial charge on any atom is 0.0433 e. The molecule has 1 atom stereocenters. The summed E-state index contributed by atoms with van der Waals surface area (Å²) in [5.74, 6) is 1.73. The highest BCUT2D eigenvalue weighted by Crippen LogP contribution is 2.33. The van der Waals surface area contributed by atoms with Gasteiger partial charge < -0.3 is 5.11 Å². The number of hydrogen-bond acceptors (Lipinski definition) is 1. The van der Waals surface area contributed by atoms with Crippen LogP contribution in [-0.2, 0) is 0 Å². The Bertz CT molecular complexity index is 103. The lowest BCUT2D eigenvalue weighted by Crippen LogP contribution is -2.18. The van der Waals surface area contributed by atoms with E-state index in [0.717, 1.165) is 18.3 Å². The van der Waals surface area contributed by atoms with Gasteiger partial charge in [0.25, 0.3) is 0 Å². The van der Waals surface area contributed by atoms with E-state index in [1.165, 1.54) is 38.5 Å². The van der Waals surface area contributed by atoms with E-state index in [1.807, 2.05) is 0 Å².